The van der Waals surface area contributed by atoms with Crippen LogP contribution in [0.5, 0.6) is 11.5 Å². The number of likely N-dealkylation sites (N-methyl/N-ethyl adjacent to an activating group) is 2. The zero-order chi connectivity index (χ0) is 37.9. The van der Waals surface area contributed by atoms with Gasteiger partial charge in [0.25, 0.3) is 0 Å². The molecule has 0 spiro atoms. The molecule has 8 nitrogen and oxygen atoms in total. The van der Waals surface area contributed by atoms with E-state index < -0.39 is 12.1 Å². The Morgan fingerprint density at radius 2 is 1.12 bits per heavy atom. The summed E-state index contributed by atoms with van der Waals surface area (Å²) in [5.41, 5.74) is 5.79. The molecule has 0 heterocycles. The Morgan fingerprint density at radius 3 is 1.46 bits per heavy atom. The number of ether oxygens (including phenoxy) is 1. The molecule has 2 aliphatic carbocycles. The minimum absolute atomic E-state index is 0. The fourth-order valence-electron chi connectivity index (χ4n) is 5.69. The van der Waals surface area contributed by atoms with Crippen LogP contribution in [0.1, 0.15) is 92.0 Å². The fraction of sp³-hybridized carbons (Fsp3) is 0.500. The number of hydrogen-bond donors (Lipinski definition) is 4. The van der Waals surface area contributed by atoms with Crippen molar-refractivity contribution in [2.45, 2.75) is 133 Å². The van der Waals surface area contributed by atoms with Gasteiger partial charge < -0.3 is 25.6 Å². The second-order valence-corrected chi connectivity index (χ2v) is 17.5. The smallest absolute Gasteiger partial charge is 0.344 e. The van der Waals surface area contributed by atoms with Crippen molar-refractivity contribution < 1.29 is 29.3 Å². The Morgan fingerprint density at radius 1 is 0.731 bits per heavy atom. The highest BCUT2D eigenvalue weighted by Gasteiger charge is 2.28. The summed E-state index contributed by atoms with van der Waals surface area (Å²) in [6.45, 7) is 19.1. The van der Waals surface area contributed by atoms with Crippen LogP contribution < -0.4 is 15.4 Å². The molecule has 3 atom stereocenters. The highest BCUT2D eigenvalue weighted by molar-refractivity contribution is 8.01. The van der Waals surface area contributed by atoms with Crippen LogP contribution in [-0.2, 0) is 40.1 Å². The number of ketones is 2. The number of carboxylic acid groups (broad SMARTS) is 1. The first-order valence-corrected chi connectivity index (χ1v) is 19.4. The third-order valence-electron chi connectivity index (χ3n) is 9.15. The molecule has 52 heavy (non-hydrogen) atoms. The van der Waals surface area contributed by atoms with E-state index >= 15 is 0 Å². The average Bonchev–Trinajstić information content (AvgIpc) is 3.65. The van der Waals surface area contributed by atoms with Crippen molar-refractivity contribution in [2.75, 3.05) is 13.1 Å². The topological polar surface area (TPSA) is 125 Å². The maximum Gasteiger partial charge on any atom is 0.344 e. The van der Waals surface area contributed by atoms with E-state index in [0.717, 1.165) is 38.8 Å². The van der Waals surface area contributed by atoms with E-state index in [0.29, 0.717) is 17.8 Å². The minimum Gasteiger partial charge on any atom is -0.508 e. The largest absolute Gasteiger partial charge is 0.508 e. The predicted octanol–water partition coefficient (Wildman–Crippen LogP) is 8.33. The number of aliphatic carboxylic acids is 1. The molecule has 0 saturated carbocycles. The van der Waals surface area contributed by atoms with E-state index in [1.165, 1.54) is 63.2 Å². The Bertz CT molecular complexity index is 1550. The summed E-state index contributed by atoms with van der Waals surface area (Å²) in [5, 5.41) is 24.5. The molecule has 0 amide bonds. The molecule has 4 N–H and O–H groups in total. The number of nitrogens with one attached hydrogen (secondary N) is 2. The van der Waals surface area contributed by atoms with E-state index in [2.05, 4.69) is 60.9 Å². The van der Waals surface area contributed by atoms with Crippen LogP contribution in [0.15, 0.2) is 70.5 Å². The van der Waals surface area contributed by atoms with Gasteiger partial charge in [0.15, 0.2) is 6.10 Å². The molecule has 0 bridgehead atoms. The summed E-state index contributed by atoms with van der Waals surface area (Å²) in [6, 6.07) is 20.4. The van der Waals surface area contributed by atoms with Crippen molar-refractivity contribution in [3.8, 4) is 11.5 Å². The van der Waals surface area contributed by atoms with Crippen LogP contribution in [0, 0.1) is 0 Å². The lowest BCUT2D eigenvalue weighted by Crippen LogP contribution is -2.28. The number of carboxylic acids is 1. The lowest BCUT2D eigenvalue weighted by atomic mass is 10.1. The average molecular weight is 753 g/mol. The first kappa shape index (κ1) is 44.8. The van der Waals surface area contributed by atoms with Crippen LogP contribution in [0.3, 0.4) is 0 Å². The first-order valence-electron chi connectivity index (χ1n) is 17.7. The van der Waals surface area contributed by atoms with Crippen LogP contribution in [0.4, 0.5) is 0 Å². The Balaban J connectivity index is 0.000000273. The number of thioether (sulfide) groups is 2. The van der Waals surface area contributed by atoms with E-state index in [-0.39, 0.29) is 34.2 Å². The molecule has 0 unspecified atom stereocenters. The van der Waals surface area contributed by atoms with Gasteiger partial charge in [-0.1, -0.05) is 33.4 Å². The summed E-state index contributed by atoms with van der Waals surface area (Å²) in [5.74, 6) is -0.0249. The number of phenolic OH excluding ortho intramolecular Hbond substituents is 1. The number of carbonyl (C=O) groups excluding carboxylic acids is 2. The predicted molar refractivity (Wildman–Crippen MR) is 216 cm³/mol. The van der Waals surface area contributed by atoms with Crippen molar-refractivity contribution in [2.24, 2.45) is 0 Å². The standard InChI is InChI=1S/2C16H23NOS.C9H10O4.CH4/c2*1-5-17-14-8-12-6-7-15(10-13(12)9-14)19-16(3,4)11(2)18;1-6(9(11)12)13-8-4-2-7(10)3-5-8;/h2*6-7,10,14,17H,5,8-9H2,1-4H3;2-6,10H,1H3,(H,11,12);1H4/t2*14-;6-;/m111./s1. The second kappa shape index (κ2) is 20.2. The van der Waals surface area contributed by atoms with Gasteiger partial charge in [-0.2, -0.15) is 0 Å². The van der Waals surface area contributed by atoms with Gasteiger partial charge in [0.2, 0.25) is 0 Å². The van der Waals surface area contributed by atoms with Crippen molar-refractivity contribution in [3.05, 3.63) is 82.9 Å². The number of aromatic hydroxyl groups is 1. The number of benzene rings is 3. The monoisotopic (exact) mass is 752 g/mol. The van der Waals surface area contributed by atoms with E-state index in [1.807, 2.05) is 27.7 Å². The van der Waals surface area contributed by atoms with Crippen LogP contribution >= 0.6 is 23.5 Å². The Labute approximate surface area is 320 Å². The zero-order valence-corrected chi connectivity index (χ0v) is 33.2. The molecular formula is C42H60N2O6S2. The molecule has 10 heteroatoms. The number of Topliss-reactive ketones (excluding diaryl/α,β-unsaturated/α-hetero) is 2. The zero-order valence-electron chi connectivity index (χ0n) is 31.6. The van der Waals surface area contributed by atoms with Crippen LogP contribution in [-0.4, -0.2) is 68.5 Å². The lowest BCUT2D eigenvalue weighted by molar-refractivity contribution is -0.144. The Kier molecular flexibility index (Phi) is 17.4. The number of fused-ring (bicyclic) bond motifs is 2. The second-order valence-electron chi connectivity index (χ2n) is 14.1. The number of phenols is 1. The van der Waals surface area contributed by atoms with Gasteiger partial charge >= 0.3 is 5.97 Å². The first-order chi connectivity index (χ1) is 23.9. The summed E-state index contributed by atoms with van der Waals surface area (Å²) in [6.07, 6.45) is 3.59. The summed E-state index contributed by atoms with van der Waals surface area (Å²) < 4.78 is 4.34. The molecule has 2 aliphatic rings. The van der Waals surface area contributed by atoms with Gasteiger partial charge in [-0.15, -0.1) is 23.5 Å². The molecule has 0 aliphatic heterocycles. The van der Waals surface area contributed by atoms with Crippen LogP contribution in [0.2, 0.25) is 0 Å². The van der Waals surface area contributed by atoms with E-state index in [4.69, 9.17) is 14.9 Å². The van der Waals surface area contributed by atoms with Gasteiger partial charge in [0.05, 0.1) is 9.49 Å². The summed E-state index contributed by atoms with van der Waals surface area (Å²) in [7, 11) is 0. The van der Waals surface area contributed by atoms with Crippen molar-refractivity contribution in [1.29, 1.82) is 0 Å². The highest BCUT2D eigenvalue weighted by atomic mass is 32.2. The van der Waals surface area contributed by atoms with Gasteiger partial charge in [-0.05, 0) is 158 Å². The molecule has 5 rings (SSSR count). The third-order valence-corrected chi connectivity index (χ3v) is 11.7. The highest BCUT2D eigenvalue weighted by Crippen LogP contribution is 2.37. The molecular weight excluding hydrogens is 693 g/mol. The van der Waals surface area contributed by atoms with Gasteiger partial charge in [0.1, 0.15) is 23.1 Å². The third kappa shape index (κ3) is 13.6. The molecule has 0 radical (unpaired) electrons. The van der Waals surface area contributed by atoms with Crippen molar-refractivity contribution in [1.82, 2.24) is 10.6 Å². The lowest BCUT2D eigenvalue weighted by Gasteiger charge is -2.20. The Hall–Kier alpha value is -3.31. The molecule has 0 fully saturated rings. The quantitative estimate of drug-likeness (QED) is 0.127. The normalized spacial score (nSPS) is 16.5. The number of rotatable bonds is 13. The summed E-state index contributed by atoms with van der Waals surface area (Å²) in [4.78, 5) is 36.0. The van der Waals surface area contributed by atoms with E-state index in [1.54, 1.807) is 37.4 Å². The number of hydrogen-bond acceptors (Lipinski definition) is 9. The fourth-order valence-corrected chi connectivity index (χ4v) is 7.83. The molecule has 0 saturated heterocycles. The van der Waals surface area contributed by atoms with Gasteiger partial charge in [-0.25, -0.2) is 4.79 Å². The van der Waals surface area contributed by atoms with Gasteiger partial charge in [-0.3, -0.25) is 9.59 Å². The summed E-state index contributed by atoms with van der Waals surface area (Å²) >= 11 is 3.33. The van der Waals surface area contributed by atoms with Crippen LogP contribution in [0.25, 0.3) is 0 Å². The van der Waals surface area contributed by atoms with Crippen molar-refractivity contribution >= 4 is 41.1 Å². The maximum absolute atomic E-state index is 11.6. The maximum atomic E-state index is 11.6. The molecule has 286 valence electrons. The molecule has 3 aromatic carbocycles. The SMILES string of the molecule is C.CCN[C@@H]1Cc2ccc(SC(C)(C)C(C)=O)cc2C1.CCN[C@@H]1Cc2ccc(SC(C)(C)C(C)=O)cc2C1.C[C@@H](Oc1ccc(O)cc1)C(=O)O. The minimum atomic E-state index is -1.02. The van der Waals surface area contributed by atoms with E-state index in [9.17, 15) is 14.4 Å². The number of carbonyl (C=O) groups is 3. The van der Waals surface area contributed by atoms with Gasteiger partial charge in [0, 0.05) is 21.9 Å². The molecule has 3 aromatic rings. The molecule has 0 aromatic heterocycles. The van der Waals surface area contributed by atoms with Crippen molar-refractivity contribution in [3.63, 3.8) is 0 Å².